The first-order valence-corrected chi connectivity index (χ1v) is 10.8. The van der Waals surface area contributed by atoms with Gasteiger partial charge in [0.25, 0.3) is 0 Å². The SMILES string of the molecule is O=C(CCCCOc1ccc(-c2nc3ccc(-c4nc5ccccc5[nH]4)cc3[nH]2)cc1)NO. The number of fused-ring (bicyclic) bond motifs is 2. The minimum Gasteiger partial charge on any atom is -0.494 e. The third-order valence-corrected chi connectivity index (χ3v) is 5.46. The number of rotatable bonds is 8. The zero-order valence-corrected chi connectivity index (χ0v) is 17.8. The molecule has 5 rings (SSSR count). The highest BCUT2D eigenvalue weighted by atomic mass is 16.5. The van der Waals surface area contributed by atoms with E-state index in [2.05, 4.69) is 21.0 Å². The number of hydrogen-bond acceptors (Lipinski definition) is 5. The van der Waals surface area contributed by atoms with Crippen LogP contribution in [-0.2, 0) is 4.79 Å². The van der Waals surface area contributed by atoms with Gasteiger partial charge in [-0.15, -0.1) is 0 Å². The molecule has 8 nitrogen and oxygen atoms in total. The molecule has 5 aromatic rings. The zero-order chi connectivity index (χ0) is 22.6. The van der Waals surface area contributed by atoms with Crippen molar-refractivity contribution in [1.29, 1.82) is 0 Å². The second-order valence-corrected chi connectivity index (χ2v) is 7.78. The number of nitrogens with one attached hydrogen (secondary N) is 3. The number of aromatic amines is 2. The van der Waals surface area contributed by atoms with Gasteiger partial charge in [-0.2, -0.15) is 0 Å². The van der Waals surface area contributed by atoms with Gasteiger partial charge >= 0.3 is 0 Å². The predicted molar refractivity (Wildman–Crippen MR) is 126 cm³/mol. The molecule has 0 saturated heterocycles. The molecule has 0 spiro atoms. The van der Waals surface area contributed by atoms with Crippen LogP contribution in [0.5, 0.6) is 5.75 Å². The summed E-state index contributed by atoms with van der Waals surface area (Å²) >= 11 is 0. The fourth-order valence-corrected chi connectivity index (χ4v) is 3.73. The van der Waals surface area contributed by atoms with Crippen molar-refractivity contribution >= 4 is 28.0 Å². The van der Waals surface area contributed by atoms with E-state index < -0.39 is 0 Å². The van der Waals surface area contributed by atoms with E-state index in [1.165, 1.54) is 0 Å². The van der Waals surface area contributed by atoms with Gasteiger partial charge in [-0.3, -0.25) is 10.0 Å². The molecule has 0 radical (unpaired) electrons. The Balaban J connectivity index is 1.27. The summed E-state index contributed by atoms with van der Waals surface area (Å²) in [6.45, 7) is 0.507. The summed E-state index contributed by atoms with van der Waals surface area (Å²) < 4.78 is 5.73. The van der Waals surface area contributed by atoms with Gasteiger partial charge in [-0.25, -0.2) is 15.4 Å². The first-order valence-electron chi connectivity index (χ1n) is 10.8. The summed E-state index contributed by atoms with van der Waals surface area (Å²) in [7, 11) is 0. The molecule has 2 heterocycles. The van der Waals surface area contributed by atoms with Crippen molar-refractivity contribution in [3.05, 3.63) is 66.7 Å². The largest absolute Gasteiger partial charge is 0.494 e. The Bertz CT molecular complexity index is 1370. The van der Waals surface area contributed by atoms with Crippen molar-refractivity contribution in [3.8, 4) is 28.5 Å². The summed E-state index contributed by atoms with van der Waals surface area (Å²) in [5, 5.41) is 8.49. The molecule has 0 fully saturated rings. The fraction of sp³-hybridized carbons (Fsp3) is 0.160. The van der Waals surface area contributed by atoms with E-state index in [0.717, 1.165) is 57.0 Å². The van der Waals surface area contributed by atoms with Crippen LogP contribution in [0.2, 0.25) is 0 Å². The molecule has 0 atom stereocenters. The lowest BCUT2D eigenvalue weighted by molar-refractivity contribution is -0.129. The highest BCUT2D eigenvalue weighted by Crippen LogP contribution is 2.27. The van der Waals surface area contributed by atoms with Gasteiger partial charge in [0.15, 0.2) is 0 Å². The Morgan fingerprint density at radius 3 is 2.33 bits per heavy atom. The highest BCUT2D eigenvalue weighted by Gasteiger charge is 2.10. The van der Waals surface area contributed by atoms with Crippen LogP contribution in [0.3, 0.4) is 0 Å². The molecule has 166 valence electrons. The van der Waals surface area contributed by atoms with Crippen LogP contribution < -0.4 is 10.2 Å². The molecule has 33 heavy (non-hydrogen) atoms. The number of carbonyl (C=O) groups is 1. The van der Waals surface area contributed by atoms with Crippen molar-refractivity contribution in [3.63, 3.8) is 0 Å². The third-order valence-electron chi connectivity index (χ3n) is 5.46. The molecule has 0 saturated carbocycles. The van der Waals surface area contributed by atoms with Crippen molar-refractivity contribution in [1.82, 2.24) is 25.4 Å². The molecule has 8 heteroatoms. The van der Waals surface area contributed by atoms with Crippen molar-refractivity contribution in [2.45, 2.75) is 19.3 Å². The number of aromatic nitrogens is 4. The van der Waals surface area contributed by atoms with Crippen molar-refractivity contribution in [2.24, 2.45) is 0 Å². The first-order chi connectivity index (χ1) is 16.2. The summed E-state index contributed by atoms with van der Waals surface area (Å²) in [6, 6.07) is 21.8. The molecule has 2 aromatic heterocycles. The molecular weight excluding hydrogens is 418 g/mol. The van der Waals surface area contributed by atoms with E-state index in [1.54, 1.807) is 5.48 Å². The van der Waals surface area contributed by atoms with Crippen molar-refractivity contribution in [2.75, 3.05) is 6.61 Å². The maximum atomic E-state index is 11.0. The van der Waals surface area contributed by atoms with Gasteiger partial charge in [-0.1, -0.05) is 12.1 Å². The maximum Gasteiger partial charge on any atom is 0.243 e. The quantitative estimate of drug-likeness (QED) is 0.156. The minimum absolute atomic E-state index is 0.281. The minimum atomic E-state index is -0.380. The van der Waals surface area contributed by atoms with E-state index in [4.69, 9.17) is 14.9 Å². The molecule has 1 amide bonds. The number of H-pyrrole nitrogens is 2. The molecular formula is C25H23N5O3. The Kier molecular flexibility index (Phi) is 5.73. The average molecular weight is 441 g/mol. The van der Waals surface area contributed by atoms with Crippen LogP contribution in [-0.4, -0.2) is 37.7 Å². The molecule has 4 N–H and O–H groups in total. The van der Waals surface area contributed by atoms with E-state index >= 15 is 0 Å². The molecule has 0 bridgehead atoms. The van der Waals surface area contributed by atoms with Gasteiger partial charge in [0.2, 0.25) is 5.91 Å². The van der Waals surface area contributed by atoms with Gasteiger partial charge in [-0.05, 0) is 67.4 Å². The standard InChI is InChI=1S/C25H23N5O3/c31-23(30-32)7-3-4-14-33-18-11-8-16(9-12-18)24-28-21-13-10-17(15-22(21)29-24)25-26-19-5-1-2-6-20(19)27-25/h1-2,5-6,8-13,15,32H,3-4,7,14H2,(H,26,27)(H,28,29)(H,30,31). The summed E-state index contributed by atoms with van der Waals surface area (Å²) in [4.78, 5) is 27.2. The number of ether oxygens (including phenoxy) is 1. The number of hydrogen-bond donors (Lipinski definition) is 4. The number of amides is 1. The number of imidazole rings is 2. The Labute approximate surface area is 189 Å². The normalized spacial score (nSPS) is 11.2. The molecule has 0 aliphatic rings. The Morgan fingerprint density at radius 1 is 0.848 bits per heavy atom. The van der Waals surface area contributed by atoms with E-state index in [-0.39, 0.29) is 12.3 Å². The summed E-state index contributed by atoms with van der Waals surface area (Å²) in [6.07, 6.45) is 1.66. The van der Waals surface area contributed by atoms with E-state index in [0.29, 0.717) is 13.0 Å². The van der Waals surface area contributed by atoms with Gasteiger partial charge in [0, 0.05) is 17.5 Å². The second kappa shape index (κ2) is 9.13. The number of para-hydroxylation sites is 2. The fourth-order valence-electron chi connectivity index (χ4n) is 3.73. The zero-order valence-electron chi connectivity index (χ0n) is 17.8. The number of unbranched alkanes of at least 4 members (excludes halogenated alkanes) is 1. The lowest BCUT2D eigenvalue weighted by Gasteiger charge is -2.06. The molecule has 0 unspecified atom stereocenters. The number of hydroxylamine groups is 1. The van der Waals surface area contributed by atoms with Crippen LogP contribution in [0.15, 0.2) is 66.7 Å². The average Bonchev–Trinajstić information content (AvgIpc) is 3.48. The Morgan fingerprint density at radius 2 is 1.55 bits per heavy atom. The van der Waals surface area contributed by atoms with Crippen LogP contribution in [0.1, 0.15) is 19.3 Å². The second-order valence-electron chi connectivity index (χ2n) is 7.78. The molecule has 3 aromatic carbocycles. The van der Waals surface area contributed by atoms with E-state index in [1.807, 2.05) is 60.7 Å². The van der Waals surface area contributed by atoms with Gasteiger partial charge in [0.05, 0.1) is 28.7 Å². The van der Waals surface area contributed by atoms with Crippen molar-refractivity contribution < 1.29 is 14.7 Å². The van der Waals surface area contributed by atoms with Crippen LogP contribution in [0.25, 0.3) is 44.8 Å². The van der Waals surface area contributed by atoms with Crippen LogP contribution in [0, 0.1) is 0 Å². The Hall–Kier alpha value is -4.17. The topological polar surface area (TPSA) is 116 Å². The summed E-state index contributed by atoms with van der Waals surface area (Å²) in [5.41, 5.74) is 7.36. The smallest absolute Gasteiger partial charge is 0.243 e. The lowest BCUT2D eigenvalue weighted by atomic mass is 10.2. The van der Waals surface area contributed by atoms with Gasteiger partial charge < -0.3 is 14.7 Å². The molecule has 0 aliphatic carbocycles. The monoisotopic (exact) mass is 441 g/mol. The highest BCUT2D eigenvalue weighted by molar-refractivity contribution is 5.85. The molecule has 0 aliphatic heterocycles. The van der Waals surface area contributed by atoms with Crippen LogP contribution >= 0.6 is 0 Å². The lowest BCUT2D eigenvalue weighted by Crippen LogP contribution is -2.18. The van der Waals surface area contributed by atoms with Crippen LogP contribution in [0.4, 0.5) is 0 Å². The number of benzene rings is 3. The third kappa shape index (κ3) is 4.56. The predicted octanol–water partition coefficient (Wildman–Crippen LogP) is 4.83. The number of nitrogens with zero attached hydrogens (tertiary/aromatic N) is 2. The summed E-state index contributed by atoms with van der Waals surface area (Å²) in [5.74, 6) is 1.99. The first kappa shape index (κ1) is 20.7. The van der Waals surface area contributed by atoms with Gasteiger partial charge in [0.1, 0.15) is 17.4 Å². The number of carbonyl (C=O) groups excluding carboxylic acids is 1. The maximum absolute atomic E-state index is 11.0. The van der Waals surface area contributed by atoms with E-state index in [9.17, 15) is 4.79 Å².